The lowest BCUT2D eigenvalue weighted by atomic mass is 10.1. The lowest BCUT2D eigenvalue weighted by Crippen LogP contribution is -2.34. The number of rotatable bonds is 1. The van der Waals surface area contributed by atoms with Crippen molar-refractivity contribution in [2.75, 3.05) is 6.54 Å². The molecule has 62 valence electrons. The highest BCUT2D eigenvalue weighted by Gasteiger charge is 2.21. The van der Waals surface area contributed by atoms with Gasteiger partial charge in [-0.1, -0.05) is 5.16 Å². The van der Waals surface area contributed by atoms with Crippen LogP contribution in [-0.4, -0.2) is 11.7 Å². The first-order valence-electron chi connectivity index (χ1n) is 3.53. The number of aryl methyl sites for hydroxylation is 1. The summed E-state index contributed by atoms with van der Waals surface area (Å²) in [6.07, 6.45) is 1.18. The zero-order chi connectivity index (χ0) is 6.97. The molecule has 0 aliphatic carbocycles. The maximum absolute atomic E-state index is 5.06. The molecular formula is C7H11ClN2O. The zero-order valence-electron chi connectivity index (χ0n) is 6.33. The highest BCUT2D eigenvalue weighted by Crippen LogP contribution is 2.22. The second kappa shape index (κ2) is 3.24. The van der Waals surface area contributed by atoms with Crippen LogP contribution in [0.2, 0.25) is 0 Å². The summed E-state index contributed by atoms with van der Waals surface area (Å²) >= 11 is 0. The van der Waals surface area contributed by atoms with Crippen molar-refractivity contribution in [1.29, 1.82) is 0 Å². The molecule has 3 nitrogen and oxygen atoms in total. The fourth-order valence-electron chi connectivity index (χ4n) is 1.08. The van der Waals surface area contributed by atoms with Crippen LogP contribution in [0.4, 0.5) is 0 Å². The van der Waals surface area contributed by atoms with Gasteiger partial charge in [-0.3, -0.25) is 0 Å². The van der Waals surface area contributed by atoms with E-state index in [4.69, 9.17) is 4.52 Å². The van der Waals surface area contributed by atoms with E-state index in [1.54, 1.807) is 0 Å². The summed E-state index contributed by atoms with van der Waals surface area (Å²) in [6.45, 7) is 3.04. The second-order valence-corrected chi connectivity index (χ2v) is 2.67. The molecule has 0 aromatic carbocycles. The van der Waals surface area contributed by atoms with Gasteiger partial charge in [-0.15, -0.1) is 12.4 Å². The summed E-state index contributed by atoms with van der Waals surface area (Å²) in [4.78, 5) is 0. The molecule has 1 aliphatic heterocycles. The SMILES string of the molecule is Cc1cc([C@@H]2CCN2)on1.Cl. The molecular weight excluding hydrogens is 164 g/mol. The van der Waals surface area contributed by atoms with Crippen molar-refractivity contribution >= 4 is 12.4 Å². The molecule has 1 aliphatic rings. The third kappa shape index (κ3) is 1.54. The molecule has 0 bridgehead atoms. The molecule has 0 amide bonds. The third-order valence-electron chi connectivity index (χ3n) is 1.81. The van der Waals surface area contributed by atoms with Crippen LogP contribution in [0.5, 0.6) is 0 Å². The van der Waals surface area contributed by atoms with Gasteiger partial charge >= 0.3 is 0 Å². The van der Waals surface area contributed by atoms with Crippen LogP contribution in [0.15, 0.2) is 10.6 Å². The highest BCUT2D eigenvalue weighted by molar-refractivity contribution is 5.85. The van der Waals surface area contributed by atoms with E-state index in [-0.39, 0.29) is 12.4 Å². The molecule has 1 saturated heterocycles. The van der Waals surface area contributed by atoms with Crippen LogP contribution in [0.1, 0.15) is 23.9 Å². The van der Waals surface area contributed by atoms with Gasteiger partial charge < -0.3 is 9.84 Å². The number of nitrogens with zero attached hydrogens (tertiary/aromatic N) is 1. The number of halogens is 1. The standard InChI is InChI=1S/C7H10N2O.ClH/c1-5-4-7(10-9-5)6-2-3-8-6;/h4,6,8H,2-3H2,1H3;1H/t6-;/m0./s1. The van der Waals surface area contributed by atoms with Crippen molar-refractivity contribution in [3.63, 3.8) is 0 Å². The summed E-state index contributed by atoms with van der Waals surface area (Å²) < 4.78 is 5.06. The Morgan fingerprint density at radius 3 is 2.82 bits per heavy atom. The largest absolute Gasteiger partial charge is 0.359 e. The van der Waals surface area contributed by atoms with Crippen molar-refractivity contribution in [2.24, 2.45) is 0 Å². The Bertz CT molecular complexity index is 232. The topological polar surface area (TPSA) is 38.1 Å². The molecule has 1 atom stereocenters. The summed E-state index contributed by atoms with van der Waals surface area (Å²) in [5, 5.41) is 7.05. The summed E-state index contributed by atoms with van der Waals surface area (Å²) in [5.74, 6) is 0.976. The summed E-state index contributed by atoms with van der Waals surface area (Å²) in [6, 6.07) is 2.41. The average Bonchev–Trinajstić information content (AvgIpc) is 2.10. The second-order valence-electron chi connectivity index (χ2n) is 2.67. The minimum absolute atomic E-state index is 0. The van der Waals surface area contributed by atoms with Gasteiger partial charge in [0.15, 0.2) is 5.76 Å². The van der Waals surface area contributed by atoms with E-state index in [0.717, 1.165) is 18.0 Å². The first-order chi connectivity index (χ1) is 4.86. The molecule has 2 rings (SSSR count). The van der Waals surface area contributed by atoms with Gasteiger partial charge in [-0.25, -0.2) is 0 Å². The Kier molecular flexibility index (Phi) is 2.52. The van der Waals surface area contributed by atoms with Crippen LogP contribution < -0.4 is 5.32 Å². The van der Waals surface area contributed by atoms with Crippen molar-refractivity contribution in [3.05, 3.63) is 17.5 Å². The predicted molar refractivity (Wildman–Crippen MR) is 43.8 cm³/mol. The lowest BCUT2D eigenvalue weighted by Gasteiger charge is -2.24. The Morgan fingerprint density at radius 1 is 1.73 bits per heavy atom. The van der Waals surface area contributed by atoms with Crippen molar-refractivity contribution in [1.82, 2.24) is 10.5 Å². The van der Waals surface area contributed by atoms with Crippen molar-refractivity contribution < 1.29 is 4.52 Å². The molecule has 11 heavy (non-hydrogen) atoms. The van der Waals surface area contributed by atoms with Gasteiger partial charge in [0.1, 0.15) is 0 Å². The lowest BCUT2D eigenvalue weighted by molar-refractivity contribution is 0.280. The predicted octanol–water partition coefficient (Wildman–Crippen LogP) is 1.44. The minimum atomic E-state index is 0. The number of hydrogen-bond donors (Lipinski definition) is 1. The number of nitrogens with one attached hydrogen (secondary N) is 1. The van der Waals surface area contributed by atoms with Crippen LogP contribution in [0, 0.1) is 6.92 Å². The maximum atomic E-state index is 5.06. The van der Waals surface area contributed by atoms with E-state index in [1.165, 1.54) is 6.42 Å². The van der Waals surface area contributed by atoms with Gasteiger partial charge in [0, 0.05) is 6.07 Å². The fourth-order valence-corrected chi connectivity index (χ4v) is 1.08. The van der Waals surface area contributed by atoms with E-state index >= 15 is 0 Å². The van der Waals surface area contributed by atoms with Gasteiger partial charge in [0.2, 0.25) is 0 Å². The zero-order valence-corrected chi connectivity index (χ0v) is 7.15. The Balaban J connectivity index is 0.000000605. The molecule has 0 saturated carbocycles. The molecule has 2 heterocycles. The molecule has 1 fully saturated rings. The molecule has 0 unspecified atom stereocenters. The van der Waals surface area contributed by atoms with Gasteiger partial charge in [0.05, 0.1) is 11.7 Å². The molecule has 1 aromatic rings. The van der Waals surface area contributed by atoms with Crippen LogP contribution in [0.3, 0.4) is 0 Å². The Morgan fingerprint density at radius 2 is 2.45 bits per heavy atom. The quantitative estimate of drug-likeness (QED) is 0.700. The van der Waals surface area contributed by atoms with Gasteiger partial charge in [-0.2, -0.15) is 0 Å². The molecule has 0 radical (unpaired) electrons. The Labute approximate surface area is 71.6 Å². The van der Waals surface area contributed by atoms with E-state index in [9.17, 15) is 0 Å². The van der Waals surface area contributed by atoms with Crippen LogP contribution >= 0.6 is 12.4 Å². The van der Waals surface area contributed by atoms with E-state index in [0.29, 0.717) is 6.04 Å². The fraction of sp³-hybridized carbons (Fsp3) is 0.571. The Hall–Kier alpha value is -0.540. The number of hydrogen-bond acceptors (Lipinski definition) is 3. The first kappa shape index (κ1) is 8.56. The third-order valence-corrected chi connectivity index (χ3v) is 1.81. The molecule has 0 spiro atoms. The highest BCUT2D eigenvalue weighted by atomic mass is 35.5. The summed E-state index contributed by atoms with van der Waals surface area (Å²) in [5.41, 5.74) is 0.962. The van der Waals surface area contributed by atoms with Gasteiger partial charge in [-0.05, 0) is 19.9 Å². The maximum Gasteiger partial charge on any atom is 0.153 e. The van der Waals surface area contributed by atoms with E-state index in [2.05, 4.69) is 10.5 Å². The minimum Gasteiger partial charge on any atom is -0.359 e. The van der Waals surface area contributed by atoms with Crippen LogP contribution in [-0.2, 0) is 0 Å². The molecule has 1 aromatic heterocycles. The summed E-state index contributed by atoms with van der Waals surface area (Å²) in [7, 11) is 0. The van der Waals surface area contributed by atoms with Gasteiger partial charge in [0.25, 0.3) is 0 Å². The molecule has 1 N–H and O–H groups in total. The average molecular weight is 175 g/mol. The number of aromatic nitrogens is 1. The first-order valence-corrected chi connectivity index (χ1v) is 3.53. The normalized spacial score (nSPS) is 22.1. The monoisotopic (exact) mass is 174 g/mol. The molecule has 4 heteroatoms. The smallest absolute Gasteiger partial charge is 0.153 e. The van der Waals surface area contributed by atoms with E-state index in [1.807, 2.05) is 13.0 Å². The van der Waals surface area contributed by atoms with Crippen molar-refractivity contribution in [2.45, 2.75) is 19.4 Å². The van der Waals surface area contributed by atoms with E-state index < -0.39 is 0 Å². The van der Waals surface area contributed by atoms with Crippen molar-refractivity contribution in [3.8, 4) is 0 Å². The van der Waals surface area contributed by atoms with Crippen LogP contribution in [0.25, 0.3) is 0 Å².